The van der Waals surface area contributed by atoms with Crippen molar-refractivity contribution < 1.29 is 14.2 Å². The Morgan fingerprint density at radius 1 is 1.26 bits per heavy atom. The van der Waals surface area contributed by atoms with E-state index in [1.165, 1.54) is 12.1 Å². The minimum atomic E-state index is -0.780. The van der Waals surface area contributed by atoms with Crippen molar-refractivity contribution in [3.8, 4) is 5.75 Å². The number of nitrogens with zero attached hydrogens (tertiary/aromatic N) is 2. The number of anilines is 1. The number of aliphatic imine (C=N–C) groups is 1. The van der Waals surface area contributed by atoms with E-state index in [-0.39, 0.29) is 42.4 Å². The largest absolute Gasteiger partial charge is 0.495 e. The summed E-state index contributed by atoms with van der Waals surface area (Å²) >= 11 is 0. The number of benzene rings is 2. The van der Waals surface area contributed by atoms with Crippen LogP contribution in [-0.4, -0.2) is 50.4 Å². The molecule has 3 N–H and O–H groups in total. The lowest BCUT2D eigenvalue weighted by Gasteiger charge is -2.36. The smallest absolute Gasteiger partial charge is 0.191 e. The predicted molar refractivity (Wildman–Crippen MR) is 134 cm³/mol. The number of rotatable bonds is 7. The fraction of sp³-hybridized carbons (Fsp3) is 0.435. The summed E-state index contributed by atoms with van der Waals surface area (Å²) in [5, 5.41) is 17.1. The van der Waals surface area contributed by atoms with E-state index in [0.717, 1.165) is 43.9 Å². The van der Waals surface area contributed by atoms with Gasteiger partial charge >= 0.3 is 0 Å². The summed E-state index contributed by atoms with van der Waals surface area (Å²) < 4.78 is 18.6. The third-order valence-corrected chi connectivity index (χ3v) is 5.21. The summed E-state index contributed by atoms with van der Waals surface area (Å²) in [5.41, 5.74) is 1.75. The van der Waals surface area contributed by atoms with Crippen molar-refractivity contribution in [3.05, 3.63) is 59.9 Å². The molecule has 0 spiro atoms. The van der Waals surface area contributed by atoms with E-state index < -0.39 is 6.10 Å². The maximum absolute atomic E-state index is 13.1. The lowest BCUT2D eigenvalue weighted by atomic mass is 10.0. The van der Waals surface area contributed by atoms with Crippen LogP contribution < -0.4 is 20.3 Å². The van der Waals surface area contributed by atoms with E-state index in [2.05, 4.69) is 26.6 Å². The van der Waals surface area contributed by atoms with Crippen molar-refractivity contribution in [1.82, 2.24) is 10.6 Å². The molecule has 1 heterocycles. The first-order valence-corrected chi connectivity index (χ1v) is 10.5. The van der Waals surface area contributed by atoms with Gasteiger partial charge in [-0.15, -0.1) is 24.0 Å². The molecule has 0 radical (unpaired) electrons. The highest BCUT2D eigenvalue weighted by atomic mass is 127. The number of guanidine groups is 1. The topological polar surface area (TPSA) is 69.1 Å². The molecule has 2 aromatic carbocycles. The minimum Gasteiger partial charge on any atom is -0.495 e. The van der Waals surface area contributed by atoms with Crippen molar-refractivity contribution in [2.45, 2.75) is 31.9 Å². The minimum absolute atomic E-state index is 0. The molecule has 1 aliphatic heterocycles. The maximum Gasteiger partial charge on any atom is 0.191 e. The Labute approximate surface area is 200 Å². The summed E-state index contributed by atoms with van der Waals surface area (Å²) in [7, 11) is 1.70. The monoisotopic (exact) mass is 542 g/mol. The summed E-state index contributed by atoms with van der Waals surface area (Å²) in [5.74, 6) is 1.23. The fourth-order valence-electron chi connectivity index (χ4n) is 3.69. The first-order valence-electron chi connectivity index (χ1n) is 10.5. The zero-order valence-corrected chi connectivity index (χ0v) is 20.4. The highest BCUT2D eigenvalue weighted by molar-refractivity contribution is 14.0. The van der Waals surface area contributed by atoms with E-state index in [1.807, 2.05) is 25.1 Å². The van der Waals surface area contributed by atoms with Crippen LogP contribution in [0, 0.1) is 5.82 Å². The summed E-state index contributed by atoms with van der Waals surface area (Å²) in [6.45, 7) is 4.75. The number of nitrogens with one attached hydrogen (secondary N) is 2. The molecule has 8 heteroatoms. The van der Waals surface area contributed by atoms with Crippen LogP contribution in [0.2, 0.25) is 0 Å². The van der Waals surface area contributed by atoms with Gasteiger partial charge in [0.15, 0.2) is 5.96 Å². The number of hydrogen-bond acceptors (Lipinski definition) is 4. The number of halogens is 2. The predicted octanol–water partition coefficient (Wildman–Crippen LogP) is 3.71. The maximum atomic E-state index is 13.1. The number of methoxy groups -OCH3 is 1. The van der Waals surface area contributed by atoms with E-state index in [4.69, 9.17) is 4.74 Å². The lowest BCUT2D eigenvalue weighted by molar-refractivity contribution is 0.187. The quantitative estimate of drug-likeness (QED) is 0.283. The molecule has 2 atom stereocenters. The molecule has 1 aliphatic rings. The molecule has 0 bridgehead atoms. The highest BCUT2D eigenvalue weighted by Crippen LogP contribution is 2.29. The summed E-state index contributed by atoms with van der Waals surface area (Å²) in [6.07, 6.45) is 1.32. The van der Waals surface area contributed by atoms with Gasteiger partial charge in [0, 0.05) is 25.7 Å². The van der Waals surface area contributed by atoms with Crippen LogP contribution in [0.5, 0.6) is 5.75 Å². The molecule has 1 fully saturated rings. The average molecular weight is 542 g/mol. The Morgan fingerprint density at radius 2 is 2.00 bits per heavy atom. The number of piperidine rings is 1. The highest BCUT2D eigenvalue weighted by Gasteiger charge is 2.23. The van der Waals surface area contributed by atoms with Crippen LogP contribution in [0.1, 0.15) is 31.4 Å². The van der Waals surface area contributed by atoms with Crippen LogP contribution >= 0.6 is 24.0 Å². The first-order chi connectivity index (χ1) is 14.6. The molecular formula is C23H32FIN4O2. The normalized spacial score (nSPS) is 17.5. The van der Waals surface area contributed by atoms with E-state index in [9.17, 15) is 9.50 Å². The second-order valence-electron chi connectivity index (χ2n) is 7.39. The fourth-order valence-corrected chi connectivity index (χ4v) is 3.69. The number of aliphatic hydroxyl groups excluding tert-OH is 1. The van der Waals surface area contributed by atoms with Crippen molar-refractivity contribution in [3.63, 3.8) is 0 Å². The zero-order valence-electron chi connectivity index (χ0n) is 18.1. The molecule has 3 rings (SSSR count). The van der Waals surface area contributed by atoms with Crippen molar-refractivity contribution >= 4 is 35.6 Å². The third kappa shape index (κ3) is 7.24. The number of aliphatic hydroxyl groups is 1. The number of ether oxygens (including phenoxy) is 1. The van der Waals surface area contributed by atoms with Gasteiger partial charge in [0.1, 0.15) is 11.6 Å². The second kappa shape index (κ2) is 12.7. The van der Waals surface area contributed by atoms with Gasteiger partial charge in [-0.2, -0.15) is 0 Å². The van der Waals surface area contributed by atoms with E-state index >= 15 is 0 Å². The van der Waals surface area contributed by atoms with Gasteiger partial charge in [-0.1, -0.05) is 24.3 Å². The average Bonchev–Trinajstić information content (AvgIpc) is 2.78. The van der Waals surface area contributed by atoms with Crippen LogP contribution in [0.15, 0.2) is 53.5 Å². The Hall–Kier alpha value is -2.07. The second-order valence-corrected chi connectivity index (χ2v) is 7.39. The lowest BCUT2D eigenvalue weighted by Crippen LogP contribution is -2.51. The summed E-state index contributed by atoms with van der Waals surface area (Å²) in [6, 6.07) is 14.2. The molecule has 31 heavy (non-hydrogen) atoms. The first kappa shape index (κ1) is 25.2. The van der Waals surface area contributed by atoms with Crippen molar-refractivity contribution in [2.24, 2.45) is 4.99 Å². The van der Waals surface area contributed by atoms with Gasteiger partial charge in [-0.25, -0.2) is 4.39 Å². The van der Waals surface area contributed by atoms with Crippen LogP contribution in [0.4, 0.5) is 10.1 Å². The molecule has 2 aromatic rings. The van der Waals surface area contributed by atoms with E-state index in [1.54, 1.807) is 19.2 Å². The molecule has 6 nitrogen and oxygen atoms in total. The molecule has 1 saturated heterocycles. The Kier molecular flexibility index (Phi) is 10.3. The summed E-state index contributed by atoms with van der Waals surface area (Å²) in [4.78, 5) is 6.88. The molecule has 0 saturated carbocycles. The van der Waals surface area contributed by atoms with Gasteiger partial charge in [-0.05, 0) is 49.6 Å². The molecule has 0 aromatic heterocycles. The van der Waals surface area contributed by atoms with Gasteiger partial charge < -0.3 is 25.4 Å². The van der Waals surface area contributed by atoms with Crippen molar-refractivity contribution in [2.75, 3.05) is 38.2 Å². The third-order valence-electron chi connectivity index (χ3n) is 5.21. The molecule has 0 amide bonds. The Balaban J connectivity index is 0.00000341. The molecule has 2 unspecified atom stereocenters. The number of para-hydroxylation sites is 2. The SMILES string of the molecule is CCNC(=NCC(O)c1ccc(F)cc1)NC1CCCN(c2ccccc2OC)C1.I. The molecule has 0 aliphatic carbocycles. The van der Waals surface area contributed by atoms with Gasteiger partial charge in [0.25, 0.3) is 0 Å². The Morgan fingerprint density at radius 3 is 2.71 bits per heavy atom. The standard InChI is InChI=1S/C23H31FN4O2.HI/c1-3-25-23(26-15-21(29)17-10-12-18(24)13-11-17)27-19-7-6-14-28(16-19)20-8-4-5-9-22(20)30-2;/h4-5,8-13,19,21,29H,3,6-7,14-16H2,1-2H3,(H2,25,26,27);1H. The zero-order chi connectivity index (χ0) is 21.3. The van der Waals surface area contributed by atoms with Crippen molar-refractivity contribution in [1.29, 1.82) is 0 Å². The Bertz CT molecular complexity index is 835. The molecule has 170 valence electrons. The van der Waals surface area contributed by atoms with Crippen LogP contribution in [0.25, 0.3) is 0 Å². The van der Waals surface area contributed by atoms with E-state index in [0.29, 0.717) is 11.5 Å². The van der Waals surface area contributed by atoms with Gasteiger partial charge in [0.05, 0.1) is 25.4 Å². The van der Waals surface area contributed by atoms with Crippen LogP contribution in [-0.2, 0) is 0 Å². The molecular weight excluding hydrogens is 510 g/mol. The van der Waals surface area contributed by atoms with Gasteiger partial charge in [-0.3, -0.25) is 4.99 Å². The number of hydrogen-bond donors (Lipinski definition) is 3. The van der Waals surface area contributed by atoms with Crippen LogP contribution in [0.3, 0.4) is 0 Å². The van der Waals surface area contributed by atoms with Gasteiger partial charge in [0.2, 0.25) is 0 Å².